The van der Waals surface area contributed by atoms with Gasteiger partial charge < -0.3 is 14.5 Å². The van der Waals surface area contributed by atoms with Gasteiger partial charge in [-0.05, 0) is 40.2 Å². The molecule has 0 aliphatic rings. The highest BCUT2D eigenvalue weighted by molar-refractivity contribution is 5.10. The maximum Gasteiger partial charge on any atom is 0.0950 e. The van der Waals surface area contributed by atoms with Crippen molar-refractivity contribution in [3.63, 3.8) is 0 Å². The maximum atomic E-state index is 5.42. The molecule has 1 N–H and O–H groups in total. The molecule has 0 radical (unpaired) electrons. The van der Waals surface area contributed by atoms with Crippen LogP contribution in [-0.2, 0) is 4.74 Å². The third-order valence-corrected chi connectivity index (χ3v) is 2.93. The van der Waals surface area contributed by atoms with Gasteiger partial charge >= 0.3 is 0 Å². The number of methoxy groups -OCH3 is 1. The summed E-state index contributed by atoms with van der Waals surface area (Å²) in [4.78, 5) is 0. The molecule has 1 aromatic rings. The van der Waals surface area contributed by atoms with Gasteiger partial charge in [-0.2, -0.15) is 0 Å². The van der Waals surface area contributed by atoms with Crippen molar-refractivity contribution in [1.29, 1.82) is 0 Å². The number of ether oxygens (including phenoxy) is 1. The minimum atomic E-state index is -0.0808. The van der Waals surface area contributed by atoms with Gasteiger partial charge in [0.25, 0.3) is 0 Å². The zero-order chi connectivity index (χ0) is 12.2. The minimum absolute atomic E-state index is 0.0808. The van der Waals surface area contributed by atoms with Crippen LogP contribution in [0.3, 0.4) is 0 Å². The fraction of sp³-hybridized carbons (Fsp3) is 0.692. The third kappa shape index (κ3) is 3.99. The zero-order valence-corrected chi connectivity index (χ0v) is 10.9. The van der Waals surface area contributed by atoms with E-state index in [1.807, 2.05) is 6.07 Å². The number of nitrogens with one attached hydrogen (secondary N) is 1. The largest absolute Gasteiger partial charge is 0.472 e. The van der Waals surface area contributed by atoms with Gasteiger partial charge in [-0.1, -0.05) is 0 Å². The van der Waals surface area contributed by atoms with E-state index in [1.165, 1.54) is 5.56 Å². The molecule has 0 spiro atoms. The van der Waals surface area contributed by atoms with Crippen molar-refractivity contribution in [3.8, 4) is 0 Å². The summed E-state index contributed by atoms with van der Waals surface area (Å²) in [6.45, 7) is 8.53. The van der Waals surface area contributed by atoms with Gasteiger partial charge in [0.1, 0.15) is 0 Å². The van der Waals surface area contributed by atoms with Crippen molar-refractivity contribution in [2.24, 2.45) is 0 Å². The highest BCUT2D eigenvalue weighted by Gasteiger charge is 2.21. The number of hydrogen-bond donors (Lipinski definition) is 1. The molecule has 1 heterocycles. The lowest BCUT2D eigenvalue weighted by Gasteiger charge is -2.28. The summed E-state index contributed by atoms with van der Waals surface area (Å²) in [5, 5.41) is 3.53. The van der Waals surface area contributed by atoms with Gasteiger partial charge in [0.05, 0.1) is 18.1 Å². The average molecular weight is 225 g/mol. The van der Waals surface area contributed by atoms with Crippen LogP contribution in [0.1, 0.15) is 45.7 Å². The summed E-state index contributed by atoms with van der Waals surface area (Å²) in [7, 11) is 1.76. The van der Waals surface area contributed by atoms with Crippen LogP contribution < -0.4 is 5.32 Å². The molecule has 16 heavy (non-hydrogen) atoms. The second kappa shape index (κ2) is 5.51. The second-order valence-corrected chi connectivity index (χ2v) is 5.01. The molecule has 0 bridgehead atoms. The van der Waals surface area contributed by atoms with E-state index in [1.54, 1.807) is 19.6 Å². The Labute approximate surface area is 98.2 Å². The highest BCUT2D eigenvalue weighted by Crippen LogP contribution is 2.19. The van der Waals surface area contributed by atoms with Gasteiger partial charge in [0, 0.05) is 24.8 Å². The molecule has 1 aromatic heterocycles. The first-order valence-electron chi connectivity index (χ1n) is 5.78. The number of rotatable bonds is 6. The summed E-state index contributed by atoms with van der Waals surface area (Å²) in [6.07, 6.45) is 4.47. The van der Waals surface area contributed by atoms with Crippen molar-refractivity contribution < 1.29 is 9.15 Å². The normalized spacial score (nSPS) is 16.1. The van der Waals surface area contributed by atoms with Crippen LogP contribution in [0.15, 0.2) is 23.0 Å². The first-order chi connectivity index (χ1) is 7.44. The Balaban J connectivity index is 2.43. The first kappa shape index (κ1) is 13.3. The Hall–Kier alpha value is -0.800. The lowest BCUT2D eigenvalue weighted by Crippen LogP contribution is -2.36. The molecule has 92 valence electrons. The molecule has 0 amide bonds. The molecule has 3 heteroatoms. The smallest absolute Gasteiger partial charge is 0.0950 e. The van der Waals surface area contributed by atoms with Crippen LogP contribution in [0.4, 0.5) is 0 Å². The zero-order valence-electron chi connectivity index (χ0n) is 10.9. The number of hydrogen-bond acceptors (Lipinski definition) is 3. The second-order valence-electron chi connectivity index (χ2n) is 5.01. The lowest BCUT2D eigenvalue weighted by molar-refractivity contribution is 0.00782. The van der Waals surface area contributed by atoms with Crippen molar-refractivity contribution in [2.45, 2.75) is 51.8 Å². The molecule has 1 rings (SSSR count). The summed E-state index contributed by atoms with van der Waals surface area (Å²) in [5.41, 5.74) is 1.10. The predicted molar refractivity (Wildman–Crippen MR) is 65.4 cm³/mol. The van der Waals surface area contributed by atoms with Gasteiger partial charge in [0.15, 0.2) is 0 Å². The molecule has 2 atom stereocenters. The molecule has 2 unspecified atom stereocenters. The fourth-order valence-corrected chi connectivity index (χ4v) is 1.92. The summed E-state index contributed by atoms with van der Waals surface area (Å²) in [6, 6.07) is 2.70. The predicted octanol–water partition coefficient (Wildman–Crippen LogP) is 3.13. The van der Waals surface area contributed by atoms with Crippen LogP contribution in [-0.4, -0.2) is 18.8 Å². The Morgan fingerprint density at radius 3 is 2.62 bits per heavy atom. The lowest BCUT2D eigenvalue weighted by atomic mass is 9.99. The van der Waals surface area contributed by atoms with Gasteiger partial charge in [-0.3, -0.25) is 0 Å². The molecular weight excluding hydrogens is 202 g/mol. The van der Waals surface area contributed by atoms with E-state index in [-0.39, 0.29) is 5.60 Å². The van der Waals surface area contributed by atoms with Crippen molar-refractivity contribution in [2.75, 3.05) is 7.11 Å². The standard InChI is InChI=1S/C13H23NO2/c1-10(8-13(3,4)15-5)14-11(2)12-6-7-16-9-12/h6-7,9-11,14H,8H2,1-5H3. The van der Waals surface area contributed by atoms with E-state index in [0.717, 1.165) is 6.42 Å². The molecule has 0 aliphatic carbocycles. The van der Waals surface area contributed by atoms with Crippen LogP contribution in [0.2, 0.25) is 0 Å². The molecule has 0 aliphatic heterocycles. The van der Waals surface area contributed by atoms with Gasteiger partial charge in [-0.25, -0.2) is 0 Å². The summed E-state index contributed by atoms with van der Waals surface area (Å²) in [5.74, 6) is 0. The average Bonchev–Trinajstić information content (AvgIpc) is 2.69. The minimum Gasteiger partial charge on any atom is -0.472 e. The van der Waals surface area contributed by atoms with Crippen molar-refractivity contribution >= 4 is 0 Å². The third-order valence-electron chi connectivity index (χ3n) is 2.93. The Bertz CT molecular complexity index is 293. The summed E-state index contributed by atoms with van der Waals surface area (Å²) < 4.78 is 10.5. The van der Waals surface area contributed by atoms with Crippen LogP contribution in [0.25, 0.3) is 0 Å². The van der Waals surface area contributed by atoms with Gasteiger partial charge in [-0.15, -0.1) is 0 Å². The summed E-state index contributed by atoms with van der Waals surface area (Å²) >= 11 is 0. The molecule has 0 fully saturated rings. The Morgan fingerprint density at radius 1 is 1.44 bits per heavy atom. The van der Waals surface area contributed by atoms with Gasteiger partial charge in [0.2, 0.25) is 0 Å². The van der Waals surface area contributed by atoms with E-state index in [9.17, 15) is 0 Å². The molecule has 0 saturated heterocycles. The first-order valence-corrected chi connectivity index (χ1v) is 5.78. The van der Waals surface area contributed by atoms with Crippen LogP contribution >= 0.6 is 0 Å². The molecular formula is C13H23NO2. The SMILES string of the molecule is COC(C)(C)CC(C)NC(C)c1ccoc1. The van der Waals surface area contributed by atoms with E-state index in [2.05, 4.69) is 33.0 Å². The maximum absolute atomic E-state index is 5.42. The molecule has 0 saturated carbocycles. The highest BCUT2D eigenvalue weighted by atomic mass is 16.5. The van der Waals surface area contributed by atoms with Crippen LogP contribution in [0, 0.1) is 0 Å². The Kier molecular flexibility index (Phi) is 4.56. The monoisotopic (exact) mass is 225 g/mol. The van der Waals surface area contributed by atoms with Crippen molar-refractivity contribution in [3.05, 3.63) is 24.2 Å². The topological polar surface area (TPSA) is 34.4 Å². The molecule has 0 aromatic carbocycles. The van der Waals surface area contributed by atoms with E-state index in [4.69, 9.17) is 9.15 Å². The van der Waals surface area contributed by atoms with Crippen molar-refractivity contribution in [1.82, 2.24) is 5.32 Å². The van der Waals surface area contributed by atoms with Crippen LogP contribution in [0.5, 0.6) is 0 Å². The fourth-order valence-electron chi connectivity index (χ4n) is 1.92. The molecule has 3 nitrogen and oxygen atoms in total. The van der Waals surface area contributed by atoms with E-state index >= 15 is 0 Å². The quantitative estimate of drug-likeness (QED) is 0.807. The van der Waals surface area contributed by atoms with E-state index < -0.39 is 0 Å². The number of furan rings is 1. The Morgan fingerprint density at radius 2 is 2.12 bits per heavy atom. The van der Waals surface area contributed by atoms with E-state index in [0.29, 0.717) is 12.1 Å².